The lowest BCUT2D eigenvalue weighted by atomic mass is 10.0. The third-order valence-corrected chi connectivity index (χ3v) is 4.86. The molecule has 2 saturated heterocycles. The first-order valence-corrected chi connectivity index (χ1v) is 8.57. The standard InChI is InChI=1S/C20H24N2O2/c1-13-3-7-15(8-4-13)19-21-17-12-24-20(22-18(17)11-23-19)16-9-5-14(2)6-10-16/h3-10,17-22H,11-12H2,1-2H3/t17-,18+,19-,20+. The molecule has 4 nitrogen and oxygen atoms in total. The smallest absolute Gasteiger partial charge is 0.134 e. The Morgan fingerprint density at radius 1 is 0.667 bits per heavy atom. The van der Waals surface area contributed by atoms with Crippen LogP contribution in [0.4, 0.5) is 0 Å². The van der Waals surface area contributed by atoms with Crippen molar-refractivity contribution in [3.63, 3.8) is 0 Å². The first kappa shape index (κ1) is 15.8. The van der Waals surface area contributed by atoms with Gasteiger partial charge in [0.05, 0.1) is 25.3 Å². The molecule has 4 heteroatoms. The zero-order valence-electron chi connectivity index (χ0n) is 14.2. The molecule has 0 bridgehead atoms. The topological polar surface area (TPSA) is 42.5 Å². The summed E-state index contributed by atoms with van der Waals surface area (Å²) in [5.74, 6) is 0. The SMILES string of the molecule is Cc1ccc([C@@H]2N[C@@H]3CO[C@@H](c4ccc(C)cc4)N[C@H]3CO2)cc1. The molecule has 2 aromatic rings. The lowest BCUT2D eigenvalue weighted by Crippen LogP contribution is -2.62. The van der Waals surface area contributed by atoms with Gasteiger partial charge in [-0.2, -0.15) is 0 Å². The quantitative estimate of drug-likeness (QED) is 0.891. The van der Waals surface area contributed by atoms with E-state index in [2.05, 4.69) is 73.0 Å². The van der Waals surface area contributed by atoms with E-state index in [4.69, 9.17) is 9.47 Å². The number of rotatable bonds is 2. The fourth-order valence-electron chi connectivity index (χ4n) is 3.31. The highest BCUT2D eigenvalue weighted by Gasteiger charge is 2.36. The first-order valence-electron chi connectivity index (χ1n) is 8.57. The molecule has 4 rings (SSSR count). The van der Waals surface area contributed by atoms with Crippen LogP contribution in [0.1, 0.15) is 34.7 Å². The van der Waals surface area contributed by atoms with Crippen LogP contribution in [0.3, 0.4) is 0 Å². The van der Waals surface area contributed by atoms with Crippen molar-refractivity contribution in [2.24, 2.45) is 0 Å². The first-order chi connectivity index (χ1) is 11.7. The normalized spacial score (nSPS) is 29.9. The van der Waals surface area contributed by atoms with Gasteiger partial charge in [0.1, 0.15) is 12.5 Å². The fraction of sp³-hybridized carbons (Fsp3) is 0.400. The van der Waals surface area contributed by atoms with Gasteiger partial charge in [-0.15, -0.1) is 0 Å². The Kier molecular flexibility index (Phi) is 4.37. The van der Waals surface area contributed by atoms with Crippen LogP contribution in [-0.2, 0) is 9.47 Å². The van der Waals surface area contributed by atoms with E-state index in [1.54, 1.807) is 0 Å². The van der Waals surface area contributed by atoms with Crippen molar-refractivity contribution in [2.45, 2.75) is 38.4 Å². The van der Waals surface area contributed by atoms with Gasteiger partial charge in [0.15, 0.2) is 0 Å². The van der Waals surface area contributed by atoms with Crippen molar-refractivity contribution in [3.05, 3.63) is 70.8 Å². The summed E-state index contributed by atoms with van der Waals surface area (Å²) in [4.78, 5) is 0. The minimum atomic E-state index is -0.0619. The van der Waals surface area contributed by atoms with Crippen LogP contribution in [0.15, 0.2) is 48.5 Å². The van der Waals surface area contributed by atoms with Gasteiger partial charge in [-0.1, -0.05) is 59.7 Å². The number of hydrogen-bond acceptors (Lipinski definition) is 4. The van der Waals surface area contributed by atoms with E-state index in [1.807, 2.05) is 0 Å². The van der Waals surface area contributed by atoms with E-state index in [-0.39, 0.29) is 24.5 Å². The summed E-state index contributed by atoms with van der Waals surface area (Å²) in [6.45, 7) is 5.56. The molecule has 2 aliphatic heterocycles. The zero-order chi connectivity index (χ0) is 16.5. The molecule has 0 unspecified atom stereocenters. The van der Waals surface area contributed by atoms with Gasteiger partial charge in [-0.05, 0) is 25.0 Å². The molecule has 2 N–H and O–H groups in total. The van der Waals surface area contributed by atoms with Gasteiger partial charge in [-0.25, -0.2) is 0 Å². The summed E-state index contributed by atoms with van der Waals surface area (Å²) in [6.07, 6.45) is -0.124. The van der Waals surface area contributed by atoms with Gasteiger partial charge in [0.2, 0.25) is 0 Å². The minimum absolute atomic E-state index is 0.0619. The van der Waals surface area contributed by atoms with Crippen LogP contribution in [-0.4, -0.2) is 25.3 Å². The molecular formula is C20H24N2O2. The number of fused-ring (bicyclic) bond motifs is 1. The second-order valence-corrected chi connectivity index (χ2v) is 6.79. The molecular weight excluding hydrogens is 300 g/mol. The zero-order valence-corrected chi connectivity index (χ0v) is 14.2. The molecule has 0 saturated carbocycles. The molecule has 0 amide bonds. The summed E-state index contributed by atoms with van der Waals surface area (Å²) >= 11 is 0. The van der Waals surface area contributed by atoms with Crippen LogP contribution < -0.4 is 10.6 Å². The number of hydrogen-bond donors (Lipinski definition) is 2. The Balaban J connectivity index is 1.41. The van der Waals surface area contributed by atoms with Crippen LogP contribution in [0.2, 0.25) is 0 Å². The number of nitrogens with one attached hydrogen (secondary N) is 2. The van der Waals surface area contributed by atoms with Crippen molar-refractivity contribution >= 4 is 0 Å². The monoisotopic (exact) mass is 324 g/mol. The summed E-state index contributed by atoms with van der Waals surface area (Å²) in [5, 5.41) is 7.13. The second kappa shape index (κ2) is 6.65. The number of ether oxygens (including phenoxy) is 2. The third kappa shape index (κ3) is 3.23. The van der Waals surface area contributed by atoms with Crippen molar-refractivity contribution in [3.8, 4) is 0 Å². The van der Waals surface area contributed by atoms with Crippen molar-refractivity contribution in [2.75, 3.05) is 13.2 Å². The lowest BCUT2D eigenvalue weighted by molar-refractivity contribution is -0.115. The van der Waals surface area contributed by atoms with E-state index in [0.717, 1.165) is 0 Å². The Morgan fingerprint density at radius 2 is 1.04 bits per heavy atom. The van der Waals surface area contributed by atoms with Gasteiger partial charge < -0.3 is 9.47 Å². The van der Waals surface area contributed by atoms with E-state index in [0.29, 0.717) is 13.2 Å². The number of benzene rings is 2. The number of aryl methyl sites for hydroxylation is 2. The van der Waals surface area contributed by atoms with Gasteiger partial charge in [0, 0.05) is 0 Å². The van der Waals surface area contributed by atoms with Gasteiger partial charge >= 0.3 is 0 Å². The predicted molar refractivity (Wildman–Crippen MR) is 93.6 cm³/mol. The van der Waals surface area contributed by atoms with Crippen LogP contribution in [0.5, 0.6) is 0 Å². The maximum atomic E-state index is 6.05. The van der Waals surface area contributed by atoms with Gasteiger partial charge in [-0.3, -0.25) is 10.6 Å². The Morgan fingerprint density at radius 3 is 1.42 bits per heavy atom. The predicted octanol–water partition coefficient (Wildman–Crippen LogP) is 2.98. The molecule has 24 heavy (non-hydrogen) atoms. The summed E-state index contributed by atoms with van der Waals surface area (Å²) in [5.41, 5.74) is 4.85. The van der Waals surface area contributed by atoms with E-state index in [1.165, 1.54) is 22.3 Å². The van der Waals surface area contributed by atoms with Crippen molar-refractivity contribution in [1.82, 2.24) is 10.6 Å². The lowest BCUT2D eigenvalue weighted by Gasteiger charge is -2.43. The Labute approximate surface area is 143 Å². The molecule has 2 aliphatic rings. The highest BCUT2D eigenvalue weighted by Crippen LogP contribution is 2.27. The molecule has 0 spiro atoms. The van der Waals surface area contributed by atoms with Crippen LogP contribution >= 0.6 is 0 Å². The van der Waals surface area contributed by atoms with E-state index in [9.17, 15) is 0 Å². The van der Waals surface area contributed by atoms with Crippen molar-refractivity contribution in [1.29, 1.82) is 0 Å². The van der Waals surface area contributed by atoms with E-state index < -0.39 is 0 Å². The minimum Gasteiger partial charge on any atom is -0.357 e. The maximum absolute atomic E-state index is 6.05. The molecule has 2 aromatic carbocycles. The third-order valence-electron chi connectivity index (χ3n) is 4.86. The molecule has 126 valence electrons. The summed E-state index contributed by atoms with van der Waals surface area (Å²) < 4.78 is 12.1. The molecule has 4 atom stereocenters. The maximum Gasteiger partial charge on any atom is 0.134 e. The van der Waals surface area contributed by atoms with Gasteiger partial charge in [0.25, 0.3) is 0 Å². The second-order valence-electron chi connectivity index (χ2n) is 6.79. The summed E-state index contributed by atoms with van der Waals surface area (Å²) in [7, 11) is 0. The average molecular weight is 324 g/mol. The highest BCUT2D eigenvalue weighted by atomic mass is 16.5. The Bertz CT molecular complexity index is 622. The molecule has 0 aliphatic carbocycles. The fourth-order valence-corrected chi connectivity index (χ4v) is 3.31. The average Bonchev–Trinajstić information content (AvgIpc) is 2.62. The summed E-state index contributed by atoms with van der Waals surface area (Å²) in [6, 6.07) is 17.5. The largest absolute Gasteiger partial charge is 0.357 e. The highest BCUT2D eigenvalue weighted by molar-refractivity contribution is 5.25. The molecule has 2 heterocycles. The molecule has 2 fully saturated rings. The van der Waals surface area contributed by atoms with E-state index >= 15 is 0 Å². The van der Waals surface area contributed by atoms with Crippen LogP contribution in [0.25, 0.3) is 0 Å². The Hall–Kier alpha value is -1.72. The van der Waals surface area contributed by atoms with Crippen molar-refractivity contribution < 1.29 is 9.47 Å². The molecule has 0 aromatic heterocycles. The molecule has 0 radical (unpaired) electrons. The van der Waals surface area contributed by atoms with Crippen LogP contribution in [0, 0.1) is 13.8 Å².